The summed E-state index contributed by atoms with van der Waals surface area (Å²) in [7, 11) is 4.54. The van der Waals surface area contributed by atoms with E-state index in [1.165, 1.54) is 32.7 Å². The topological polar surface area (TPSA) is 117 Å². The highest BCUT2D eigenvalue weighted by atomic mass is 32.1. The average Bonchev–Trinajstić information content (AvgIpc) is 3.78. The lowest BCUT2D eigenvalue weighted by Gasteiger charge is -2.32. The van der Waals surface area contributed by atoms with E-state index in [0.717, 1.165) is 23.2 Å². The van der Waals surface area contributed by atoms with Crippen LogP contribution < -0.4 is 19.5 Å². The van der Waals surface area contributed by atoms with E-state index in [0.29, 0.717) is 41.5 Å². The van der Waals surface area contributed by atoms with Gasteiger partial charge in [0.25, 0.3) is 0 Å². The van der Waals surface area contributed by atoms with Crippen molar-refractivity contribution in [1.29, 1.82) is 0 Å². The fourth-order valence-corrected chi connectivity index (χ4v) is 5.70. The third kappa shape index (κ3) is 6.28. The highest BCUT2D eigenvalue weighted by Gasteiger charge is 2.34. The number of carbonyl (C=O) groups excluding carboxylic acids is 2. The minimum absolute atomic E-state index is 0.0671. The van der Waals surface area contributed by atoms with Crippen molar-refractivity contribution in [3.63, 3.8) is 0 Å². The van der Waals surface area contributed by atoms with Gasteiger partial charge in [0.05, 0.1) is 39.5 Å². The van der Waals surface area contributed by atoms with Gasteiger partial charge in [0.1, 0.15) is 18.1 Å². The van der Waals surface area contributed by atoms with Gasteiger partial charge in [-0.3, -0.25) is 9.59 Å². The third-order valence-electron chi connectivity index (χ3n) is 7.02. The molecule has 41 heavy (non-hydrogen) atoms. The van der Waals surface area contributed by atoms with Crippen LogP contribution in [0.15, 0.2) is 53.9 Å². The van der Waals surface area contributed by atoms with E-state index < -0.39 is 6.04 Å². The lowest BCUT2D eigenvalue weighted by atomic mass is 10.0. The van der Waals surface area contributed by atoms with Crippen molar-refractivity contribution < 1.29 is 28.5 Å². The number of amides is 2. The van der Waals surface area contributed by atoms with Crippen molar-refractivity contribution in [2.45, 2.75) is 38.1 Å². The molecule has 3 heterocycles. The molecule has 216 valence electrons. The number of thiophene rings is 1. The maximum atomic E-state index is 14.1. The number of aromatic nitrogens is 3. The van der Waals surface area contributed by atoms with Crippen LogP contribution in [0.3, 0.4) is 0 Å². The van der Waals surface area contributed by atoms with Gasteiger partial charge >= 0.3 is 0 Å². The zero-order valence-electron chi connectivity index (χ0n) is 23.2. The first-order valence-electron chi connectivity index (χ1n) is 13.3. The smallest absolute Gasteiger partial charge is 0.247 e. The number of hydrogen-bond donors (Lipinski definition) is 1. The molecule has 1 fully saturated rings. The zero-order chi connectivity index (χ0) is 28.8. The number of methoxy groups -OCH3 is 3. The Morgan fingerprint density at radius 2 is 1.90 bits per heavy atom. The Morgan fingerprint density at radius 3 is 2.56 bits per heavy atom. The van der Waals surface area contributed by atoms with E-state index in [9.17, 15) is 9.59 Å². The number of nitrogens with zero attached hydrogens (tertiary/aromatic N) is 4. The van der Waals surface area contributed by atoms with Gasteiger partial charge < -0.3 is 29.2 Å². The average molecular weight is 580 g/mol. The highest BCUT2D eigenvalue weighted by molar-refractivity contribution is 7.09. The van der Waals surface area contributed by atoms with Gasteiger partial charge in [-0.15, -0.1) is 16.4 Å². The van der Waals surface area contributed by atoms with Crippen LogP contribution in [0.5, 0.6) is 17.2 Å². The number of fused-ring (bicyclic) bond motifs is 1. The van der Waals surface area contributed by atoms with E-state index in [1.54, 1.807) is 21.7 Å². The summed E-state index contributed by atoms with van der Waals surface area (Å²) in [6.07, 6.45) is 1.75. The molecule has 5 rings (SSSR count). The van der Waals surface area contributed by atoms with E-state index in [4.69, 9.17) is 18.9 Å². The van der Waals surface area contributed by atoms with E-state index in [2.05, 4.69) is 15.6 Å². The molecule has 0 unspecified atom stereocenters. The minimum atomic E-state index is -1.02. The lowest BCUT2D eigenvalue weighted by molar-refractivity contribution is -0.142. The summed E-state index contributed by atoms with van der Waals surface area (Å²) in [5, 5.41) is 13.4. The maximum Gasteiger partial charge on any atom is 0.247 e. The fraction of sp³-hybridized carbons (Fsp3) is 0.379. The quantitative estimate of drug-likeness (QED) is 0.271. The largest absolute Gasteiger partial charge is 0.493 e. The molecule has 11 nitrogen and oxygen atoms in total. The molecule has 4 aromatic rings. The molecule has 1 N–H and O–H groups in total. The first kappa shape index (κ1) is 28.4. The van der Waals surface area contributed by atoms with Crippen LogP contribution in [-0.2, 0) is 27.4 Å². The molecule has 12 heteroatoms. The summed E-state index contributed by atoms with van der Waals surface area (Å²) in [5.41, 5.74) is 1.92. The summed E-state index contributed by atoms with van der Waals surface area (Å²) in [4.78, 5) is 30.7. The van der Waals surface area contributed by atoms with Crippen LogP contribution >= 0.6 is 11.3 Å². The van der Waals surface area contributed by atoms with Crippen LogP contribution in [0.2, 0.25) is 0 Å². The zero-order valence-corrected chi connectivity index (χ0v) is 24.1. The number of rotatable bonds is 12. The second-order valence-electron chi connectivity index (χ2n) is 9.58. The van der Waals surface area contributed by atoms with Crippen molar-refractivity contribution in [2.75, 3.05) is 34.5 Å². The van der Waals surface area contributed by atoms with Gasteiger partial charge in [0.2, 0.25) is 17.6 Å². The number of hydrogen-bond acceptors (Lipinski definition) is 9. The van der Waals surface area contributed by atoms with E-state index >= 15 is 0 Å². The molecule has 2 aromatic heterocycles. The molecular weight excluding hydrogens is 546 g/mol. The number of benzene rings is 2. The summed E-state index contributed by atoms with van der Waals surface area (Å²) >= 11 is 1.51. The summed E-state index contributed by atoms with van der Waals surface area (Å²) in [6.45, 7) is 1.11. The van der Waals surface area contributed by atoms with Gasteiger partial charge in [-0.05, 0) is 54.1 Å². The Bertz CT molecular complexity index is 1460. The van der Waals surface area contributed by atoms with Gasteiger partial charge in [-0.2, -0.15) is 0 Å². The normalized spacial score (nSPS) is 15.4. The Labute approximate surface area is 241 Å². The molecule has 1 aliphatic heterocycles. The minimum Gasteiger partial charge on any atom is -0.493 e. The van der Waals surface area contributed by atoms with Crippen molar-refractivity contribution in [3.8, 4) is 17.2 Å². The molecule has 0 bridgehead atoms. The summed E-state index contributed by atoms with van der Waals surface area (Å²) < 4.78 is 24.0. The van der Waals surface area contributed by atoms with Gasteiger partial charge in [0, 0.05) is 18.0 Å². The van der Waals surface area contributed by atoms with Crippen LogP contribution in [0, 0.1) is 0 Å². The van der Waals surface area contributed by atoms with Crippen LogP contribution in [0.4, 0.5) is 0 Å². The first-order chi connectivity index (χ1) is 20.0. The molecule has 2 amide bonds. The third-order valence-corrected chi connectivity index (χ3v) is 7.88. The first-order valence-corrected chi connectivity index (χ1v) is 14.2. The van der Waals surface area contributed by atoms with Crippen molar-refractivity contribution in [2.24, 2.45) is 0 Å². The van der Waals surface area contributed by atoms with Gasteiger partial charge in [-0.25, -0.2) is 4.68 Å². The van der Waals surface area contributed by atoms with Crippen LogP contribution in [0.25, 0.3) is 11.0 Å². The number of para-hydroxylation sites is 1. The summed E-state index contributed by atoms with van der Waals surface area (Å²) in [6, 6.07) is 13.7. The molecule has 0 aliphatic carbocycles. The molecule has 1 aliphatic rings. The predicted octanol–water partition coefficient (Wildman–Crippen LogP) is 3.58. The predicted molar refractivity (Wildman–Crippen MR) is 153 cm³/mol. The van der Waals surface area contributed by atoms with Crippen LogP contribution in [0.1, 0.15) is 29.3 Å². The molecule has 0 spiro atoms. The Morgan fingerprint density at radius 1 is 1.12 bits per heavy atom. The second-order valence-corrected chi connectivity index (χ2v) is 10.6. The Kier molecular flexibility index (Phi) is 9.00. The molecule has 1 saturated heterocycles. The van der Waals surface area contributed by atoms with E-state index in [1.807, 2.05) is 41.8 Å². The standard InChI is InChI=1S/C29H33N5O6S/c1-37-24-14-19(15-25(38-2)28(24)39-3)27(29(36)30-16-20-8-6-12-40-20)33(17-21-9-7-13-41-21)26(35)18-34-23-11-5-4-10-22(23)31-32-34/h4-5,7,9-11,13-15,20,27H,6,8,12,16-18H2,1-3H3,(H,30,36)/t20-,27-/m1/s1. The molecular formula is C29H33N5O6S. The Balaban J connectivity index is 1.56. The Hall–Kier alpha value is -4.16. The highest BCUT2D eigenvalue weighted by Crippen LogP contribution is 2.41. The summed E-state index contributed by atoms with van der Waals surface area (Å²) in [5.74, 6) is 0.500. The molecule has 0 radical (unpaired) electrons. The maximum absolute atomic E-state index is 14.1. The van der Waals surface area contributed by atoms with E-state index in [-0.39, 0.29) is 31.0 Å². The van der Waals surface area contributed by atoms with Crippen molar-refractivity contribution >= 4 is 34.2 Å². The SMILES string of the molecule is COc1cc([C@H](C(=O)NC[C@H]2CCCO2)N(Cc2cccs2)C(=O)Cn2nnc3ccccc32)cc(OC)c1OC. The molecule has 2 aromatic carbocycles. The van der Waals surface area contributed by atoms with Crippen LogP contribution in [-0.4, -0.2) is 72.3 Å². The number of nitrogens with one attached hydrogen (secondary N) is 1. The lowest BCUT2D eigenvalue weighted by Crippen LogP contribution is -2.46. The molecule has 0 saturated carbocycles. The number of ether oxygens (including phenoxy) is 4. The number of carbonyl (C=O) groups is 2. The van der Waals surface area contributed by atoms with Gasteiger partial charge in [0.15, 0.2) is 11.5 Å². The van der Waals surface area contributed by atoms with Gasteiger partial charge in [-0.1, -0.05) is 23.4 Å². The monoisotopic (exact) mass is 579 g/mol. The molecule has 2 atom stereocenters. The second kappa shape index (κ2) is 13.0. The van der Waals surface area contributed by atoms with Crippen molar-refractivity contribution in [1.82, 2.24) is 25.2 Å². The van der Waals surface area contributed by atoms with Crippen molar-refractivity contribution in [3.05, 3.63) is 64.4 Å². The fourth-order valence-electron chi connectivity index (χ4n) is 5.00.